The number of carbonyl (C=O) groups excluding carboxylic acids is 1. The number of hydrogen-bond donors (Lipinski definition) is 1. The van der Waals surface area contributed by atoms with Crippen LogP contribution in [0.3, 0.4) is 0 Å². The van der Waals surface area contributed by atoms with Crippen molar-refractivity contribution < 1.29 is 4.79 Å². The Balaban J connectivity index is 1.60. The standard InChI is InChI=1S/C18H20N4O/c19-14-8-12-9-15(10-14)22(11-12)18(23)16-6-7-20-17(21-16)13-4-2-1-3-5-13/h1-7,12,14-15H,8-11,19H2. The molecule has 1 saturated heterocycles. The van der Waals surface area contributed by atoms with Crippen molar-refractivity contribution in [3.8, 4) is 11.4 Å². The van der Waals surface area contributed by atoms with Crippen molar-refractivity contribution in [1.29, 1.82) is 0 Å². The molecule has 1 aliphatic carbocycles. The second-order valence-electron chi connectivity index (χ2n) is 6.58. The monoisotopic (exact) mass is 308 g/mol. The van der Waals surface area contributed by atoms with Crippen molar-refractivity contribution in [3.05, 3.63) is 48.3 Å². The van der Waals surface area contributed by atoms with Crippen molar-refractivity contribution in [1.82, 2.24) is 14.9 Å². The van der Waals surface area contributed by atoms with Crippen molar-refractivity contribution in [2.75, 3.05) is 6.54 Å². The molecule has 2 aliphatic rings. The van der Waals surface area contributed by atoms with Crippen molar-refractivity contribution in [3.63, 3.8) is 0 Å². The summed E-state index contributed by atoms with van der Waals surface area (Å²) in [6, 6.07) is 11.9. The molecular formula is C18H20N4O. The lowest BCUT2D eigenvalue weighted by molar-refractivity contribution is 0.0725. The molecule has 0 radical (unpaired) electrons. The molecule has 4 rings (SSSR count). The summed E-state index contributed by atoms with van der Waals surface area (Å²) < 4.78 is 0. The molecular weight excluding hydrogens is 288 g/mol. The molecule has 118 valence electrons. The van der Waals surface area contributed by atoms with Gasteiger partial charge >= 0.3 is 0 Å². The van der Waals surface area contributed by atoms with Crippen molar-refractivity contribution in [2.24, 2.45) is 11.7 Å². The highest BCUT2D eigenvalue weighted by molar-refractivity contribution is 5.93. The topological polar surface area (TPSA) is 72.1 Å². The number of benzene rings is 1. The second-order valence-corrected chi connectivity index (χ2v) is 6.58. The maximum absolute atomic E-state index is 12.9. The first-order valence-electron chi connectivity index (χ1n) is 8.15. The summed E-state index contributed by atoms with van der Waals surface area (Å²) in [4.78, 5) is 23.6. The molecule has 5 heteroatoms. The fourth-order valence-electron chi connectivity index (χ4n) is 3.88. The molecule has 23 heavy (non-hydrogen) atoms. The van der Waals surface area contributed by atoms with Gasteiger partial charge < -0.3 is 10.6 Å². The SMILES string of the molecule is NC1CC2CC(C1)N(C(=O)c1ccnc(-c3ccccc3)n1)C2. The molecule has 2 bridgehead atoms. The summed E-state index contributed by atoms with van der Waals surface area (Å²) in [5.41, 5.74) is 7.49. The molecule has 1 amide bonds. The zero-order chi connectivity index (χ0) is 15.8. The Morgan fingerprint density at radius 2 is 1.96 bits per heavy atom. The number of rotatable bonds is 2. The quantitative estimate of drug-likeness (QED) is 0.922. The largest absolute Gasteiger partial charge is 0.334 e. The maximum Gasteiger partial charge on any atom is 0.272 e. The first-order valence-corrected chi connectivity index (χ1v) is 8.15. The van der Waals surface area contributed by atoms with Crippen LogP contribution in [0.5, 0.6) is 0 Å². The molecule has 3 unspecified atom stereocenters. The van der Waals surface area contributed by atoms with Gasteiger partial charge in [-0.15, -0.1) is 0 Å². The summed E-state index contributed by atoms with van der Waals surface area (Å²) in [6.45, 7) is 0.807. The number of likely N-dealkylation sites (tertiary alicyclic amines) is 1. The average molecular weight is 308 g/mol. The molecule has 1 saturated carbocycles. The summed E-state index contributed by atoms with van der Waals surface area (Å²) in [5, 5.41) is 0. The molecule has 0 spiro atoms. The number of aromatic nitrogens is 2. The van der Waals surface area contributed by atoms with E-state index in [1.165, 1.54) is 0 Å². The van der Waals surface area contributed by atoms with Gasteiger partial charge in [-0.3, -0.25) is 4.79 Å². The van der Waals surface area contributed by atoms with Gasteiger partial charge in [0.1, 0.15) is 5.69 Å². The van der Waals surface area contributed by atoms with Crippen LogP contribution in [0, 0.1) is 5.92 Å². The van der Waals surface area contributed by atoms with Crippen LogP contribution in [0.2, 0.25) is 0 Å². The number of carbonyl (C=O) groups is 1. The van der Waals surface area contributed by atoms with E-state index in [4.69, 9.17) is 5.73 Å². The minimum absolute atomic E-state index is 0.00572. The van der Waals surface area contributed by atoms with Crippen molar-refractivity contribution in [2.45, 2.75) is 31.3 Å². The molecule has 2 fully saturated rings. The van der Waals surface area contributed by atoms with E-state index in [2.05, 4.69) is 9.97 Å². The average Bonchev–Trinajstić information content (AvgIpc) is 2.89. The van der Waals surface area contributed by atoms with Crippen LogP contribution in [0.15, 0.2) is 42.6 Å². The lowest BCUT2D eigenvalue weighted by atomic mass is 9.87. The fourth-order valence-corrected chi connectivity index (χ4v) is 3.88. The third-order valence-electron chi connectivity index (χ3n) is 4.88. The van der Waals surface area contributed by atoms with E-state index in [1.807, 2.05) is 35.2 Å². The van der Waals surface area contributed by atoms with Gasteiger partial charge in [0.25, 0.3) is 5.91 Å². The molecule has 1 aromatic carbocycles. The third kappa shape index (κ3) is 2.72. The number of hydrogen-bond acceptors (Lipinski definition) is 4. The van der Waals surface area contributed by atoms with E-state index in [1.54, 1.807) is 12.3 Å². The minimum Gasteiger partial charge on any atom is -0.334 e. The maximum atomic E-state index is 12.9. The molecule has 1 aliphatic heterocycles. The highest BCUT2D eigenvalue weighted by Crippen LogP contribution is 2.35. The van der Waals surface area contributed by atoms with E-state index in [9.17, 15) is 4.79 Å². The van der Waals surface area contributed by atoms with Gasteiger partial charge in [0, 0.05) is 30.4 Å². The number of fused-ring (bicyclic) bond motifs is 2. The Morgan fingerprint density at radius 3 is 2.78 bits per heavy atom. The van der Waals surface area contributed by atoms with Crippen LogP contribution < -0.4 is 5.73 Å². The van der Waals surface area contributed by atoms with Crippen LogP contribution in [0.4, 0.5) is 0 Å². The Kier molecular flexibility index (Phi) is 3.58. The van der Waals surface area contributed by atoms with Gasteiger partial charge in [-0.05, 0) is 31.2 Å². The smallest absolute Gasteiger partial charge is 0.272 e. The number of nitrogens with zero attached hydrogens (tertiary/aromatic N) is 3. The zero-order valence-corrected chi connectivity index (χ0v) is 12.9. The summed E-state index contributed by atoms with van der Waals surface area (Å²) >= 11 is 0. The van der Waals surface area contributed by atoms with Gasteiger partial charge in [-0.25, -0.2) is 9.97 Å². The van der Waals surface area contributed by atoms with Gasteiger partial charge in [0.15, 0.2) is 5.82 Å². The molecule has 2 N–H and O–H groups in total. The van der Waals surface area contributed by atoms with Gasteiger partial charge in [-0.2, -0.15) is 0 Å². The predicted octanol–water partition coefficient (Wildman–Crippen LogP) is 2.10. The first-order chi connectivity index (χ1) is 11.2. The van der Waals surface area contributed by atoms with E-state index < -0.39 is 0 Å². The molecule has 5 nitrogen and oxygen atoms in total. The third-order valence-corrected chi connectivity index (χ3v) is 4.88. The molecule has 3 atom stereocenters. The van der Waals surface area contributed by atoms with E-state index in [0.717, 1.165) is 31.4 Å². The summed E-state index contributed by atoms with van der Waals surface area (Å²) in [5.74, 6) is 1.14. The Morgan fingerprint density at radius 1 is 1.13 bits per heavy atom. The molecule has 2 aromatic rings. The van der Waals surface area contributed by atoms with E-state index in [0.29, 0.717) is 17.4 Å². The van der Waals surface area contributed by atoms with Crippen LogP contribution in [0.1, 0.15) is 29.8 Å². The van der Waals surface area contributed by atoms with Crippen molar-refractivity contribution >= 4 is 5.91 Å². The highest BCUT2D eigenvalue weighted by Gasteiger charge is 2.41. The van der Waals surface area contributed by atoms with Gasteiger partial charge in [-0.1, -0.05) is 30.3 Å². The highest BCUT2D eigenvalue weighted by atomic mass is 16.2. The fraction of sp³-hybridized carbons (Fsp3) is 0.389. The zero-order valence-electron chi connectivity index (χ0n) is 12.9. The number of amides is 1. The Bertz CT molecular complexity index is 718. The Hall–Kier alpha value is -2.27. The van der Waals surface area contributed by atoms with Gasteiger partial charge in [0.2, 0.25) is 0 Å². The predicted molar refractivity (Wildman–Crippen MR) is 87.6 cm³/mol. The van der Waals surface area contributed by atoms with E-state index in [-0.39, 0.29) is 18.0 Å². The van der Waals surface area contributed by atoms with Crippen LogP contribution >= 0.6 is 0 Å². The number of nitrogens with two attached hydrogens (primary N) is 1. The Labute approximate surface area is 135 Å². The van der Waals surface area contributed by atoms with Crippen LogP contribution in [0.25, 0.3) is 11.4 Å². The van der Waals surface area contributed by atoms with Gasteiger partial charge in [0.05, 0.1) is 0 Å². The molecule has 1 aromatic heterocycles. The summed E-state index contributed by atoms with van der Waals surface area (Å²) in [7, 11) is 0. The van der Waals surface area contributed by atoms with Crippen LogP contribution in [-0.4, -0.2) is 39.4 Å². The normalized spacial score (nSPS) is 26.3. The lowest BCUT2D eigenvalue weighted by Gasteiger charge is -2.27. The molecule has 2 heterocycles. The first kappa shape index (κ1) is 14.3. The minimum atomic E-state index is 0.00572. The lowest BCUT2D eigenvalue weighted by Crippen LogP contribution is -2.39. The summed E-state index contributed by atoms with van der Waals surface area (Å²) in [6.07, 6.45) is 4.67. The second kappa shape index (κ2) is 5.74. The van der Waals surface area contributed by atoms with E-state index >= 15 is 0 Å². The van der Waals surface area contributed by atoms with Crippen LogP contribution in [-0.2, 0) is 0 Å².